The first kappa shape index (κ1) is 17.9. The van der Waals surface area contributed by atoms with Crippen LogP contribution in [0.15, 0.2) is 11.8 Å². The summed E-state index contributed by atoms with van der Waals surface area (Å²) in [5.41, 5.74) is 1.22. The molecule has 0 saturated heterocycles. The molecule has 18 heavy (non-hydrogen) atoms. The fraction of sp³-hybridized carbons (Fsp3) is 0.875. The van der Waals surface area contributed by atoms with Crippen LogP contribution in [0.2, 0.25) is 0 Å². The molecule has 0 aromatic carbocycles. The van der Waals surface area contributed by atoms with Crippen LogP contribution in [0.1, 0.15) is 86.0 Å². The summed E-state index contributed by atoms with van der Waals surface area (Å²) in [5, 5.41) is 0. The molecule has 0 saturated carbocycles. The third-order valence-electron chi connectivity index (χ3n) is 2.94. The Bertz CT molecular complexity index is 217. The van der Waals surface area contributed by atoms with Crippen molar-refractivity contribution in [2.75, 3.05) is 0 Å². The van der Waals surface area contributed by atoms with E-state index >= 15 is 0 Å². The van der Waals surface area contributed by atoms with Crippen LogP contribution < -0.4 is 0 Å². The summed E-state index contributed by atoms with van der Waals surface area (Å²) in [5.74, 6) is 0. The Morgan fingerprint density at radius 3 is 2.11 bits per heavy atom. The SMILES string of the molecule is CCCCCCCCCC(C)(C)SOC=C(C)C. The van der Waals surface area contributed by atoms with Crippen molar-refractivity contribution in [3.8, 4) is 0 Å². The molecule has 108 valence electrons. The van der Waals surface area contributed by atoms with Gasteiger partial charge in [0, 0.05) is 4.75 Å². The molecule has 0 bridgehead atoms. The van der Waals surface area contributed by atoms with Crippen LogP contribution in [-0.4, -0.2) is 4.75 Å². The second kappa shape index (κ2) is 10.8. The van der Waals surface area contributed by atoms with Gasteiger partial charge in [-0.1, -0.05) is 51.9 Å². The average molecular weight is 272 g/mol. The monoisotopic (exact) mass is 272 g/mol. The highest BCUT2D eigenvalue weighted by Crippen LogP contribution is 2.31. The Kier molecular flexibility index (Phi) is 10.7. The molecule has 0 unspecified atom stereocenters. The van der Waals surface area contributed by atoms with Crippen LogP contribution in [0, 0.1) is 0 Å². The second-order valence-electron chi connectivity index (χ2n) is 6.01. The highest BCUT2D eigenvalue weighted by Gasteiger charge is 2.19. The highest BCUT2D eigenvalue weighted by atomic mass is 32.2. The van der Waals surface area contributed by atoms with E-state index in [1.54, 1.807) is 12.0 Å². The minimum Gasteiger partial charge on any atom is -0.433 e. The van der Waals surface area contributed by atoms with E-state index in [4.69, 9.17) is 4.18 Å². The van der Waals surface area contributed by atoms with E-state index in [-0.39, 0.29) is 4.75 Å². The first-order chi connectivity index (χ1) is 8.48. The third-order valence-corrected chi connectivity index (χ3v) is 3.79. The fourth-order valence-corrected chi connectivity index (χ4v) is 2.53. The standard InChI is InChI=1S/C16H32OS/c1-6-7-8-9-10-11-12-13-16(4,5)18-17-14-15(2)3/h14H,6-13H2,1-5H3. The largest absolute Gasteiger partial charge is 0.433 e. The van der Waals surface area contributed by atoms with E-state index in [1.807, 2.05) is 6.26 Å². The van der Waals surface area contributed by atoms with Gasteiger partial charge in [0.2, 0.25) is 0 Å². The van der Waals surface area contributed by atoms with Crippen molar-refractivity contribution in [3.63, 3.8) is 0 Å². The summed E-state index contributed by atoms with van der Waals surface area (Å²) >= 11 is 1.60. The zero-order chi connectivity index (χ0) is 13.9. The summed E-state index contributed by atoms with van der Waals surface area (Å²) in [6.45, 7) is 10.9. The minimum atomic E-state index is 0.232. The topological polar surface area (TPSA) is 9.23 Å². The molecule has 0 rings (SSSR count). The third kappa shape index (κ3) is 12.3. The molecule has 0 fully saturated rings. The highest BCUT2D eigenvalue weighted by molar-refractivity contribution is 7.96. The zero-order valence-corrected chi connectivity index (χ0v) is 13.9. The summed E-state index contributed by atoms with van der Waals surface area (Å²) in [7, 11) is 0. The fourth-order valence-electron chi connectivity index (χ4n) is 1.80. The molecule has 0 heterocycles. The lowest BCUT2D eigenvalue weighted by atomic mass is 10.0. The van der Waals surface area contributed by atoms with E-state index in [1.165, 1.54) is 56.9 Å². The maximum atomic E-state index is 5.52. The Morgan fingerprint density at radius 2 is 1.56 bits per heavy atom. The Balaban J connectivity index is 3.49. The van der Waals surface area contributed by atoms with Gasteiger partial charge in [-0.25, -0.2) is 0 Å². The molecule has 0 atom stereocenters. The van der Waals surface area contributed by atoms with Crippen molar-refractivity contribution >= 4 is 12.0 Å². The van der Waals surface area contributed by atoms with Gasteiger partial charge in [-0.05, 0) is 39.7 Å². The average Bonchev–Trinajstić information content (AvgIpc) is 2.27. The Hall–Kier alpha value is -0.110. The van der Waals surface area contributed by atoms with Crippen molar-refractivity contribution in [2.24, 2.45) is 0 Å². The Morgan fingerprint density at radius 1 is 1.00 bits per heavy atom. The van der Waals surface area contributed by atoms with Gasteiger partial charge in [0.25, 0.3) is 0 Å². The quantitative estimate of drug-likeness (QED) is 0.241. The minimum absolute atomic E-state index is 0.232. The van der Waals surface area contributed by atoms with Gasteiger partial charge < -0.3 is 4.18 Å². The van der Waals surface area contributed by atoms with E-state index in [2.05, 4.69) is 34.6 Å². The van der Waals surface area contributed by atoms with Gasteiger partial charge in [0.05, 0.1) is 18.3 Å². The molecule has 2 heteroatoms. The van der Waals surface area contributed by atoms with Gasteiger partial charge >= 0.3 is 0 Å². The van der Waals surface area contributed by atoms with Crippen molar-refractivity contribution in [1.82, 2.24) is 0 Å². The molecular weight excluding hydrogens is 240 g/mol. The van der Waals surface area contributed by atoms with E-state index in [0.717, 1.165) is 0 Å². The summed E-state index contributed by atoms with van der Waals surface area (Å²) in [6, 6.07) is 0. The first-order valence-electron chi connectivity index (χ1n) is 7.46. The molecule has 0 N–H and O–H groups in total. The lowest BCUT2D eigenvalue weighted by Crippen LogP contribution is -2.14. The molecule has 0 aromatic heterocycles. The van der Waals surface area contributed by atoms with Crippen molar-refractivity contribution in [2.45, 2.75) is 90.7 Å². The molecule has 0 aliphatic carbocycles. The van der Waals surface area contributed by atoms with Crippen LogP contribution in [0.5, 0.6) is 0 Å². The van der Waals surface area contributed by atoms with Crippen LogP contribution in [0.3, 0.4) is 0 Å². The number of hydrogen-bond donors (Lipinski definition) is 0. The lowest BCUT2D eigenvalue weighted by molar-refractivity contribution is 0.495. The maximum Gasteiger partial charge on any atom is 0.0996 e. The molecule has 0 aliphatic heterocycles. The van der Waals surface area contributed by atoms with Crippen LogP contribution in [0.4, 0.5) is 0 Å². The number of hydrogen-bond acceptors (Lipinski definition) is 2. The van der Waals surface area contributed by atoms with E-state index in [0.29, 0.717) is 0 Å². The second-order valence-corrected chi connectivity index (χ2v) is 7.47. The summed E-state index contributed by atoms with van der Waals surface area (Å²) in [4.78, 5) is 0. The van der Waals surface area contributed by atoms with E-state index in [9.17, 15) is 0 Å². The van der Waals surface area contributed by atoms with Crippen molar-refractivity contribution in [3.05, 3.63) is 11.8 Å². The maximum absolute atomic E-state index is 5.52. The van der Waals surface area contributed by atoms with Gasteiger partial charge in [0.1, 0.15) is 0 Å². The van der Waals surface area contributed by atoms with Crippen molar-refractivity contribution in [1.29, 1.82) is 0 Å². The number of rotatable bonds is 11. The van der Waals surface area contributed by atoms with E-state index < -0.39 is 0 Å². The van der Waals surface area contributed by atoms with Crippen LogP contribution in [0.25, 0.3) is 0 Å². The van der Waals surface area contributed by atoms with Crippen molar-refractivity contribution < 1.29 is 4.18 Å². The molecule has 0 aliphatic rings. The Labute approximate surface area is 119 Å². The number of allylic oxidation sites excluding steroid dienone is 1. The number of unbranched alkanes of at least 4 members (excludes halogenated alkanes) is 6. The zero-order valence-electron chi connectivity index (χ0n) is 13.1. The predicted molar refractivity (Wildman–Crippen MR) is 84.8 cm³/mol. The molecular formula is C16H32OS. The van der Waals surface area contributed by atoms with Gasteiger partial charge in [-0.2, -0.15) is 0 Å². The molecule has 1 nitrogen and oxygen atoms in total. The predicted octanol–water partition coefficient (Wildman–Crippen LogP) is 6.49. The normalized spacial score (nSPS) is 11.4. The van der Waals surface area contributed by atoms with Gasteiger partial charge in [-0.3, -0.25) is 0 Å². The smallest absolute Gasteiger partial charge is 0.0996 e. The van der Waals surface area contributed by atoms with Crippen LogP contribution >= 0.6 is 12.0 Å². The van der Waals surface area contributed by atoms with Gasteiger partial charge in [-0.15, -0.1) is 0 Å². The molecule has 0 amide bonds. The molecule has 0 radical (unpaired) electrons. The summed E-state index contributed by atoms with van der Waals surface area (Å²) < 4.78 is 5.76. The lowest BCUT2D eigenvalue weighted by Gasteiger charge is -2.21. The van der Waals surface area contributed by atoms with Crippen LogP contribution in [-0.2, 0) is 4.18 Å². The first-order valence-corrected chi connectivity index (χ1v) is 8.20. The molecule has 0 aromatic rings. The van der Waals surface area contributed by atoms with Gasteiger partial charge in [0.15, 0.2) is 0 Å². The molecule has 0 spiro atoms. The summed E-state index contributed by atoms with van der Waals surface area (Å²) in [6.07, 6.45) is 12.7.